The molecule has 2 aliphatic heterocycles. The van der Waals surface area contributed by atoms with Crippen molar-refractivity contribution in [2.45, 2.75) is 44.4 Å². The van der Waals surface area contributed by atoms with Gasteiger partial charge in [-0.25, -0.2) is 0 Å². The van der Waals surface area contributed by atoms with Gasteiger partial charge in [0.2, 0.25) is 0 Å². The van der Waals surface area contributed by atoms with E-state index in [2.05, 4.69) is 39.6 Å². The van der Waals surface area contributed by atoms with E-state index in [1.807, 2.05) is 23.1 Å². The molecule has 1 aromatic carbocycles. The summed E-state index contributed by atoms with van der Waals surface area (Å²) in [5.74, 6) is 0. The van der Waals surface area contributed by atoms with Crippen molar-refractivity contribution in [3.05, 3.63) is 53.9 Å². The number of nitrogens with one attached hydrogen (secondary N) is 1. The minimum absolute atomic E-state index is 0.733. The Morgan fingerprint density at radius 1 is 1.00 bits per heavy atom. The summed E-state index contributed by atoms with van der Waals surface area (Å²) < 4.78 is 1.97. The average Bonchev–Trinajstić information content (AvgIpc) is 3.09. The Hall–Kier alpha value is -1.65. The molecule has 0 spiro atoms. The van der Waals surface area contributed by atoms with Gasteiger partial charge >= 0.3 is 0 Å². The number of hydrogen-bond acceptors (Lipinski definition) is 3. The van der Waals surface area contributed by atoms with Crippen LogP contribution in [0, 0.1) is 0 Å². The molecule has 0 unspecified atom stereocenters. The van der Waals surface area contributed by atoms with Crippen LogP contribution >= 0.6 is 0 Å². The minimum atomic E-state index is 0.733. The van der Waals surface area contributed by atoms with Crippen LogP contribution in [0.1, 0.15) is 30.4 Å². The molecule has 0 amide bonds. The third-order valence-corrected chi connectivity index (χ3v) is 5.10. The lowest BCUT2D eigenvalue weighted by Gasteiger charge is -2.27. The number of aromatic nitrogens is 2. The quantitative estimate of drug-likeness (QED) is 0.939. The molecule has 2 bridgehead atoms. The highest BCUT2D eigenvalue weighted by Gasteiger charge is 2.34. The Labute approximate surface area is 132 Å². The van der Waals surface area contributed by atoms with Gasteiger partial charge in [-0.1, -0.05) is 24.3 Å². The molecule has 2 aliphatic rings. The monoisotopic (exact) mass is 296 g/mol. The van der Waals surface area contributed by atoms with Crippen molar-refractivity contribution in [2.75, 3.05) is 13.1 Å². The van der Waals surface area contributed by atoms with Crippen molar-refractivity contribution >= 4 is 0 Å². The van der Waals surface area contributed by atoms with Crippen LogP contribution in [-0.2, 0) is 13.1 Å². The SMILES string of the molecule is c1cnn(Cc2ccc(CN3[C@H]4CCNC[C@@H]3CC4)cc2)c1. The average molecular weight is 296 g/mol. The van der Waals surface area contributed by atoms with Gasteiger partial charge in [-0.2, -0.15) is 5.10 Å². The summed E-state index contributed by atoms with van der Waals surface area (Å²) in [6.45, 7) is 4.29. The summed E-state index contributed by atoms with van der Waals surface area (Å²) in [4.78, 5) is 2.72. The summed E-state index contributed by atoms with van der Waals surface area (Å²) >= 11 is 0. The van der Waals surface area contributed by atoms with Gasteiger partial charge in [-0.15, -0.1) is 0 Å². The van der Waals surface area contributed by atoms with E-state index in [9.17, 15) is 0 Å². The Kier molecular flexibility index (Phi) is 3.95. The Morgan fingerprint density at radius 3 is 2.55 bits per heavy atom. The Morgan fingerprint density at radius 2 is 1.77 bits per heavy atom. The summed E-state index contributed by atoms with van der Waals surface area (Å²) in [6, 6.07) is 12.6. The predicted octanol–water partition coefficient (Wildman–Crippen LogP) is 2.26. The lowest BCUT2D eigenvalue weighted by Crippen LogP contribution is -2.37. The first-order chi connectivity index (χ1) is 10.9. The molecule has 0 aliphatic carbocycles. The summed E-state index contributed by atoms with van der Waals surface area (Å²) in [5, 5.41) is 7.84. The van der Waals surface area contributed by atoms with E-state index in [0.717, 1.165) is 31.7 Å². The lowest BCUT2D eigenvalue weighted by atomic mass is 10.1. The molecule has 0 radical (unpaired) electrons. The van der Waals surface area contributed by atoms with Gasteiger partial charge in [-0.05, 0) is 43.0 Å². The van der Waals surface area contributed by atoms with Crippen LogP contribution in [0.3, 0.4) is 0 Å². The van der Waals surface area contributed by atoms with Crippen molar-refractivity contribution in [2.24, 2.45) is 0 Å². The molecule has 2 saturated heterocycles. The third-order valence-electron chi connectivity index (χ3n) is 5.10. The fourth-order valence-corrected chi connectivity index (χ4v) is 3.88. The molecular formula is C18H24N4. The highest BCUT2D eigenvalue weighted by atomic mass is 15.3. The molecule has 3 heterocycles. The topological polar surface area (TPSA) is 33.1 Å². The fourth-order valence-electron chi connectivity index (χ4n) is 3.88. The molecule has 2 aromatic rings. The molecular weight excluding hydrogens is 272 g/mol. The summed E-state index contributed by atoms with van der Waals surface area (Å²) in [5.41, 5.74) is 2.75. The highest BCUT2D eigenvalue weighted by Crippen LogP contribution is 2.29. The first-order valence-electron chi connectivity index (χ1n) is 8.40. The van der Waals surface area contributed by atoms with Crippen LogP contribution in [0.4, 0.5) is 0 Å². The maximum absolute atomic E-state index is 4.27. The molecule has 4 rings (SSSR count). The normalized spacial score (nSPS) is 25.3. The van der Waals surface area contributed by atoms with Crippen LogP contribution in [0.15, 0.2) is 42.7 Å². The van der Waals surface area contributed by atoms with E-state index < -0.39 is 0 Å². The van der Waals surface area contributed by atoms with E-state index in [4.69, 9.17) is 0 Å². The van der Waals surface area contributed by atoms with E-state index in [0.29, 0.717) is 0 Å². The van der Waals surface area contributed by atoms with Crippen LogP contribution < -0.4 is 5.32 Å². The Bertz CT molecular complexity index is 576. The van der Waals surface area contributed by atoms with Crippen molar-refractivity contribution in [1.29, 1.82) is 0 Å². The molecule has 22 heavy (non-hydrogen) atoms. The standard InChI is InChI=1S/C18H24N4/c1-9-20-21(11-1)13-15-2-4-16(5-3-15)14-22-17-6-7-18(22)12-19-10-8-17/h1-5,9,11,17-19H,6-8,10,12-14H2/t17-,18+/m1/s1. The first-order valence-corrected chi connectivity index (χ1v) is 8.40. The van der Waals surface area contributed by atoms with E-state index in [-0.39, 0.29) is 0 Å². The van der Waals surface area contributed by atoms with Crippen molar-refractivity contribution < 1.29 is 0 Å². The molecule has 1 N–H and O–H groups in total. The number of nitrogens with zero attached hydrogens (tertiary/aromatic N) is 3. The maximum atomic E-state index is 4.27. The summed E-state index contributed by atoms with van der Waals surface area (Å²) in [6.07, 6.45) is 7.88. The molecule has 116 valence electrons. The summed E-state index contributed by atoms with van der Waals surface area (Å²) in [7, 11) is 0. The second kappa shape index (κ2) is 6.23. The number of hydrogen-bond donors (Lipinski definition) is 1. The predicted molar refractivity (Wildman–Crippen MR) is 87.6 cm³/mol. The molecule has 2 atom stereocenters. The van der Waals surface area contributed by atoms with Crippen LogP contribution in [-0.4, -0.2) is 39.9 Å². The smallest absolute Gasteiger partial charge is 0.0659 e. The zero-order valence-corrected chi connectivity index (χ0v) is 13.0. The first kappa shape index (κ1) is 14.0. The second-order valence-electron chi connectivity index (χ2n) is 6.57. The zero-order valence-electron chi connectivity index (χ0n) is 13.0. The maximum Gasteiger partial charge on any atom is 0.0659 e. The lowest BCUT2D eigenvalue weighted by molar-refractivity contribution is 0.193. The van der Waals surface area contributed by atoms with Crippen LogP contribution in [0.2, 0.25) is 0 Å². The van der Waals surface area contributed by atoms with Crippen molar-refractivity contribution in [3.63, 3.8) is 0 Å². The zero-order chi connectivity index (χ0) is 14.8. The molecule has 1 aromatic heterocycles. The van der Waals surface area contributed by atoms with E-state index in [1.54, 1.807) is 0 Å². The highest BCUT2D eigenvalue weighted by molar-refractivity contribution is 5.23. The molecule has 4 heteroatoms. The van der Waals surface area contributed by atoms with E-state index in [1.165, 1.54) is 36.9 Å². The van der Waals surface area contributed by atoms with Crippen LogP contribution in [0.5, 0.6) is 0 Å². The van der Waals surface area contributed by atoms with Crippen molar-refractivity contribution in [1.82, 2.24) is 20.0 Å². The van der Waals surface area contributed by atoms with Gasteiger partial charge < -0.3 is 5.32 Å². The second-order valence-corrected chi connectivity index (χ2v) is 6.57. The largest absolute Gasteiger partial charge is 0.315 e. The number of fused-ring (bicyclic) bond motifs is 2. The van der Waals surface area contributed by atoms with Gasteiger partial charge in [0.05, 0.1) is 6.54 Å². The van der Waals surface area contributed by atoms with Gasteiger partial charge in [0.1, 0.15) is 0 Å². The van der Waals surface area contributed by atoms with Gasteiger partial charge in [0.15, 0.2) is 0 Å². The Balaban J connectivity index is 1.42. The molecule has 2 fully saturated rings. The number of benzene rings is 1. The molecule has 0 saturated carbocycles. The van der Waals surface area contributed by atoms with Crippen molar-refractivity contribution in [3.8, 4) is 0 Å². The minimum Gasteiger partial charge on any atom is -0.315 e. The third kappa shape index (κ3) is 2.94. The number of rotatable bonds is 4. The molecule has 4 nitrogen and oxygen atoms in total. The van der Waals surface area contributed by atoms with Gasteiger partial charge in [-0.3, -0.25) is 9.58 Å². The van der Waals surface area contributed by atoms with Gasteiger partial charge in [0, 0.05) is 37.6 Å². The fraction of sp³-hybridized carbons (Fsp3) is 0.500. The van der Waals surface area contributed by atoms with Gasteiger partial charge in [0.25, 0.3) is 0 Å². The van der Waals surface area contributed by atoms with E-state index >= 15 is 0 Å². The van der Waals surface area contributed by atoms with Crippen LogP contribution in [0.25, 0.3) is 0 Å².